The molecule has 174 valence electrons. The van der Waals surface area contributed by atoms with Gasteiger partial charge in [-0.2, -0.15) is 5.26 Å². The Kier molecular flexibility index (Phi) is 6.30. The predicted molar refractivity (Wildman–Crippen MR) is 132 cm³/mol. The van der Waals surface area contributed by atoms with Crippen molar-refractivity contribution in [3.8, 4) is 17.3 Å². The highest BCUT2D eigenvalue weighted by Gasteiger charge is 2.35. The van der Waals surface area contributed by atoms with Crippen molar-refractivity contribution in [3.63, 3.8) is 0 Å². The SMILES string of the molecule is Cc1c(Nc2nccc(-c3cc(C#N)c4c(c3)C(C)(CO)CC4)n2)cc(Cl)cc1C(=O)N(C)C. The number of aliphatic hydroxyl groups excluding tert-OH is 1. The molecule has 1 amide bonds. The van der Waals surface area contributed by atoms with Gasteiger partial charge >= 0.3 is 0 Å². The van der Waals surface area contributed by atoms with Gasteiger partial charge in [0.2, 0.25) is 5.95 Å². The Morgan fingerprint density at radius 1 is 1.32 bits per heavy atom. The van der Waals surface area contributed by atoms with E-state index in [-0.39, 0.29) is 17.9 Å². The standard InChI is InChI=1S/C26H26ClN5O2/c1-15-20(24(34)32(3)4)11-18(27)12-23(15)31-25-29-8-6-22(30-25)16-9-17(13-28)19-5-7-26(2,14-33)21(19)10-16/h6,8-12,33H,5,7,14H2,1-4H3,(H,29,30,31). The molecular weight excluding hydrogens is 450 g/mol. The summed E-state index contributed by atoms with van der Waals surface area (Å²) < 4.78 is 0. The van der Waals surface area contributed by atoms with Crippen LogP contribution >= 0.6 is 11.6 Å². The fourth-order valence-corrected chi connectivity index (χ4v) is 4.62. The van der Waals surface area contributed by atoms with Crippen molar-refractivity contribution in [2.45, 2.75) is 32.1 Å². The van der Waals surface area contributed by atoms with Crippen molar-refractivity contribution in [2.75, 3.05) is 26.0 Å². The van der Waals surface area contributed by atoms with Crippen LogP contribution in [0.5, 0.6) is 0 Å². The van der Waals surface area contributed by atoms with E-state index >= 15 is 0 Å². The van der Waals surface area contributed by atoms with Gasteiger partial charge in [0.15, 0.2) is 0 Å². The zero-order valence-corrected chi connectivity index (χ0v) is 20.4. The second-order valence-electron chi connectivity index (χ2n) is 9.10. The summed E-state index contributed by atoms with van der Waals surface area (Å²) in [6, 6.07) is 11.3. The molecule has 34 heavy (non-hydrogen) atoms. The Morgan fingerprint density at radius 2 is 2.09 bits per heavy atom. The van der Waals surface area contributed by atoms with Gasteiger partial charge in [0.1, 0.15) is 0 Å². The Labute approximate surface area is 204 Å². The van der Waals surface area contributed by atoms with Crippen LogP contribution in [0.2, 0.25) is 5.02 Å². The number of halogens is 1. The van der Waals surface area contributed by atoms with Gasteiger partial charge in [-0.25, -0.2) is 9.97 Å². The van der Waals surface area contributed by atoms with Crippen LogP contribution in [0, 0.1) is 18.3 Å². The maximum Gasteiger partial charge on any atom is 0.253 e. The number of anilines is 2. The van der Waals surface area contributed by atoms with Gasteiger partial charge in [-0.3, -0.25) is 4.79 Å². The summed E-state index contributed by atoms with van der Waals surface area (Å²) in [6.45, 7) is 3.88. The summed E-state index contributed by atoms with van der Waals surface area (Å²) in [5, 5.41) is 23.3. The molecule has 2 aromatic carbocycles. The van der Waals surface area contributed by atoms with Gasteiger partial charge in [0.05, 0.1) is 23.9 Å². The molecule has 2 N–H and O–H groups in total. The number of nitrogens with zero attached hydrogens (tertiary/aromatic N) is 4. The molecule has 0 saturated heterocycles. The Hall–Kier alpha value is -3.47. The molecule has 1 heterocycles. The number of nitrogens with one attached hydrogen (secondary N) is 1. The molecular formula is C26H26ClN5O2. The zero-order chi connectivity index (χ0) is 24.6. The number of fused-ring (bicyclic) bond motifs is 1. The number of hydrogen-bond donors (Lipinski definition) is 2. The quantitative estimate of drug-likeness (QED) is 0.558. The lowest BCUT2D eigenvalue weighted by molar-refractivity contribution is 0.0827. The zero-order valence-electron chi connectivity index (χ0n) is 19.6. The van der Waals surface area contributed by atoms with Gasteiger partial charge in [-0.05, 0) is 66.8 Å². The number of amides is 1. The molecule has 1 aromatic heterocycles. The second kappa shape index (κ2) is 9.05. The van der Waals surface area contributed by atoms with Gasteiger partial charge in [-0.1, -0.05) is 18.5 Å². The summed E-state index contributed by atoms with van der Waals surface area (Å²) in [5.41, 5.74) is 5.53. The lowest BCUT2D eigenvalue weighted by atomic mass is 9.83. The molecule has 0 radical (unpaired) electrons. The number of aliphatic hydroxyl groups is 1. The summed E-state index contributed by atoms with van der Waals surface area (Å²) in [6.07, 6.45) is 3.21. The maximum atomic E-state index is 12.6. The molecule has 0 saturated carbocycles. The lowest BCUT2D eigenvalue weighted by Crippen LogP contribution is -2.23. The topological polar surface area (TPSA) is 102 Å². The number of carbonyl (C=O) groups excluding carboxylic acids is 1. The summed E-state index contributed by atoms with van der Waals surface area (Å²) in [5.74, 6) is 0.196. The molecule has 0 spiro atoms. The molecule has 1 unspecified atom stereocenters. The van der Waals surface area contributed by atoms with E-state index in [1.165, 1.54) is 4.90 Å². The smallest absolute Gasteiger partial charge is 0.253 e. The van der Waals surface area contributed by atoms with E-state index in [0.29, 0.717) is 33.5 Å². The number of benzene rings is 2. The highest BCUT2D eigenvalue weighted by atomic mass is 35.5. The molecule has 4 rings (SSSR count). The van der Waals surface area contributed by atoms with Crippen LogP contribution in [-0.4, -0.2) is 46.6 Å². The predicted octanol–water partition coefficient (Wildman–Crippen LogP) is 4.62. The van der Waals surface area contributed by atoms with Gasteiger partial charge in [0.25, 0.3) is 5.91 Å². The van der Waals surface area contributed by atoms with E-state index in [9.17, 15) is 15.2 Å². The fraction of sp³-hybridized carbons (Fsp3) is 0.308. The Bertz CT molecular complexity index is 1330. The van der Waals surface area contributed by atoms with E-state index in [1.54, 1.807) is 38.5 Å². The van der Waals surface area contributed by atoms with Gasteiger partial charge in [-0.15, -0.1) is 0 Å². The third kappa shape index (κ3) is 4.23. The average Bonchev–Trinajstić information content (AvgIpc) is 3.17. The third-order valence-electron chi connectivity index (χ3n) is 6.50. The summed E-state index contributed by atoms with van der Waals surface area (Å²) >= 11 is 6.29. The van der Waals surface area contributed by atoms with Crippen LogP contribution in [0.15, 0.2) is 36.5 Å². The van der Waals surface area contributed by atoms with Crippen LogP contribution in [0.1, 0.15) is 46.0 Å². The van der Waals surface area contributed by atoms with E-state index in [1.807, 2.05) is 26.0 Å². The molecule has 8 heteroatoms. The maximum absolute atomic E-state index is 12.6. The van der Waals surface area contributed by atoms with Crippen LogP contribution in [0.4, 0.5) is 11.6 Å². The molecule has 0 aliphatic heterocycles. The first-order chi connectivity index (χ1) is 16.2. The van der Waals surface area contributed by atoms with E-state index < -0.39 is 0 Å². The number of rotatable bonds is 5. The molecule has 0 bridgehead atoms. The first-order valence-electron chi connectivity index (χ1n) is 11.0. The van der Waals surface area contributed by atoms with Gasteiger partial charge in [0, 0.05) is 47.5 Å². The van der Waals surface area contributed by atoms with Crippen LogP contribution < -0.4 is 5.32 Å². The van der Waals surface area contributed by atoms with Crippen molar-refractivity contribution < 1.29 is 9.90 Å². The van der Waals surface area contributed by atoms with Crippen molar-refractivity contribution in [3.05, 3.63) is 69.4 Å². The minimum atomic E-state index is -0.377. The lowest BCUT2D eigenvalue weighted by Gasteiger charge is -2.23. The van der Waals surface area contributed by atoms with Crippen LogP contribution in [0.3, 0.4) is 0 Å². The highest BCUT2D eigenvalue weighted by molar-refractivity contribution is 6.31. The van der Waals surface area contributed by atoms with Crippen molar-refractivity contribution in [2.24, 2.45) is 0 Å². The van der Waals surface area contributed by atoms with Gasteiger partial charge < -0.3 is 15.3 Å². The first-order valence-corrected chi connectivity index (χ1v) is 11.4. The Balaban J connectivity index is 1.73. The number of aromatic nitrogens is 2. The second-order valence-corrected chi connectivity index (χ2v) is 9.53. The minimum absolute atomic E-state index is 0.0208. The minimum Gasteiger partial charge on any atom is -0.395 e. The van der Waals surface area contributed by atoms with Crippen LogP contribution in [0.25, 0.3) is 11.3 Å². The number of hydrogen-bond acceptors (Lipinski definition) is 6. The van der Waals surface area contributed by atoms with Crippen molar-refractivity contribution in [1.29, 1.82) is 5.26 Å². The molecule has 7 nitrogen and oxygen atoms in total. The first kappa shape index (κ1) is 23.7. The van der Waals surface area contributed by atoms with E-state index in [2.05, 4.69) is 21.4 Å². The normalized spacial score (nSPS) is 16.6. The molecule has 1 aliphatic rings. The number of carbonyl (C=O) groups is 1. The van der Waals surface area contributed by atoms with E-state index in [4.69, 9.17) is 11.6 Å². The average molecular weight is 476 g/mol. The largest absolute Gasteiger partial charge is 0.395 e. The monoisotopic (exact) mass is 475 g/mol. The summed E-state index contributed by atoms with van der Waals surface area (Å²) in [7, 11) is 3.38. The summed E-state index contributed by atoms with van der Waals surface area (Å²) in [4.78, 5) is 23.1. The highest BCUT2D eigenvalue weighted by Crippen LogP contribution is 2.42. The molecule has 3 aromatic rings. The third-order valence-corrected chi connectivity index (χ3v) is 6.72. The Morgan fingerprint density at radius 3 is 2.76 bits per heavy atom. The molecule has 1 aliphatic carbocycles. The molecule has 0 fully saturated rings. The molecule has 1 atom stereocenters. The fourth-order valence-electron chi connectivity index (χ4n) is 4.40. The van der Waals surface area contributed by atoms with Crippen LogP contribution in [-0.2, 0) is 11.8 Å². The van der Waals surface area contributed by atoms with E-state index in [0.717, 1.165) is 35.1 Å². The van der Waals surface area contributed by atoms with Crippen molar-refractivity contribution >= 4 is 29.1 Å². The number of nitriles is 1. The van der Waals surface area contributed by atoms with Crippen molar-refractivity contribution in [1.82, 2.24) is 14.9 Å².